The highest BCUT2D eigenvalue weighted by Crippen LogP contribution is 2.45. The molecule has 0 saturated carbocycles. The van der Waals surface area contributed by atoms with Crippen LogP contribution in [0.5, 0.6) is 0 Å². The van der Waals surface area contributed by atoms with Crippen molar-refractivity contribution in [3.05, 3.63) is 154 Å². The van der Waals surface area contributed by atoms with Crippen molar-refractivity contribution in [3.8, 4) is 45.4 Å². The number of benzene rings is 7. The van der Waals surface area contributed by atoms with Gasteiger partial charge in [-0.1, -0.05) is 116 Å². The largest absolute Gasteiger partial charge is 0.456 e. The van der Waals surface area contributed by atoms with Crippen LogP contribution in [0, 0.1) is 25.0 Å². The Balaban J connectivity index is 1.23. The van der Waals surface area contributed by atoms with Crippen molar-refractivity contribution in [1.29, 1.82) is 5.26 Å². The molecular weight excluding hydrogens is 771 g/mol. The van der Waals surface area contributed by atoms with E-state index in [4.69, 9.17) is 22.0 Å². The van der Waals surface area contributed by atoms with Gasteiger partial charge in [0.1, 0.15) is 28.2 Å². The number of rotatable bonds is 8. The standard InChI is InChI=1S/C58H53N3O2/c1-31(2)40-23-41(32(3)4)25-42(24-40)38-16-18-39(19-17-38)43-26-46(33(5)6)56(47(27-43)34(7)8)61-55-36(10)12-11-13-50(55)60-58(61)45-20-14-35(9)54-49-29-52-48(28-53(49)63-57(45)54)44-21-15-37(30-59)22-51(44)62-52/h11-29,31-34H,1-10H3/i9D3,10D3. The highest BCUT2D eigenvalue weighted by molar-refractivity contribution is 6.17. The van der Waals surface area contributed by atoms with Gasteiger partial charge in [-0.2, -0.15) is 5.26 Å². The fourth-order valence-electron chi connectivity index (χ4n) is 9.27. The molecule has 7 aromatic carbocycles. The van der Waals surface area contributed by atoms with Gasteiger partial charge in [-0.3, -0.25) is 4.57 Å². The van der Waals surface area contributed by atoms with Crippen LogP contribution < -0.4 is 0 Å². The Morgan fingerprint density at radius 3 is 1.81 bits per heavy atom. The van der Waals surface area contributed by atoms with Crippen molar-refractivity contribution < 1.29 is 17.1 Å². The van der Waals surface area contributed by atoms with E-state index in [1.54, 1.807) is 36.4 Å². The first-order valence-corrected chi connectivity index (χ1v) is 21.9. The zero-order chi connectivity index (χ0) is 49.0. The average molecular weight is 830 g/mol. The molecule has 0 N–H and O–H groups in total. The molecule has 5 heteroatoms. The first kappa shape index (κ1) is 33.7. The van der Waals surface area contributed by atoms with E-state index in [1.165, 1.54) is 16.7 Å². The lowest BCUT2D eigenvalue weighted by Gasteiger charge is -2.25. The van der Waals surface area contributed by atoms with E-state index >= 15 is 0 Å². The number of nitrogens with zero attached hydrogens (tertiary/aromatic N) is 3. The Kier molecular flexibility index (Phi) is 8.11. The summed E-state index contributed by atoms with van der Waals surface area (Å²) in [5.41, 5.74) is 13.9. The Morgan fingerprint density at radius 1 is 0.571 bits per heavy atom. The maximum absolute atomic E-state index is 9.56. The normalized spacial score (nSPS) is 14.0. The Bertz CT molecular complexity index is 3670. The topological polar surface area (TPSA) is 67.9 Å². The van der Waals surface area contributed by atoms with Crippen molar-refractivity contribution >= 4 is 54.9 Å². The highest BCUT2D eigenvalue weighted by atomic mass is 16.3. The number of aryl methyl sites for hydroxylation is 2. The van der Waals surface area contributed by atoms with E-state index < -0.39 is 13.7 Å². The number of hydrogen-bond acceptors (Lipinski definition) is 4. The van der Waals surface area contributed by atoms with Crippen LogP contribution in [-0.4, -0.2) is 9.55 Å². The maximum atomic E-state index is 9.56. The minimum atomic E-state index is -2.52. The lowest BCUT2D eigenvalue weighted by Crippen LogP contribution is -2.10. The second-order valence-corrected chi connectivity index (χ2v) is 18.3. The van der Waals surface area contributed by atoms with Gasteiger partial charge in [0.05, 0.1) is 33.9 Å². The van der Waals surface area contributed by atoms with Crippen molar-refractivity contribution in [2.75, 3.05) is 0 Å². The number of imidazole rings is 1. The zero-order valence-corrected chi connectivity index (χ0v) is 36.9. The molecule has 5 nitrogen and oxygen atoms in total. The molecule has 63 heavy (non-hydrogen) atoms. The number of aromatic nitrogens is 2. The van der Waals surface area contributed by atoms with E-state index in [0.717, 1.165) is 44.3 Å². The van der Waals surface area contributed by atoms with Gasteiger partial charge in [0.15, 0.2) is 0 Å². The number of hydrogen-bond donors (Lipinski definition) is 0. The van der Waals surface area contributed by atoms with Gasteiger partial charge >= 0.3 is 0 Å². The summed E-state index contributed by atoms with van der Waals surface area (Å²) in [6, 6.07) is 39.8. The van der Waals surface area contributed by atoms with Gasteiger partial charge in [-0.25, -0.2) is 4.98 Å². The summed E-state index contributed by atoms with van der Waals surface area (Å²) >= 11 is 0. The van der Waals surface area contributed by atoms with Crippen LogP contribution in [0.25, 0.3) is 94.2 Å². The van der Waals surface area contributed by atoms with Crippen LogP contribution in [0.2, 0.25) is 0 Å². The summed E-state index contributed by atoms with van der Waals surface area (Å²) in [5.74, 6) is 1.19. The molecule has 0 radical (unpaired) electrons. The van der Waals surface area contributed by atoms with Gasteiger partial charge in [-0.05, 0) is 148 Å². The SMILES string of the molecule is [2H]C([2H])([2H])c1ccc(-c2nc3cccc(C([2H])([2H])[2H])c3n2-c2c(C(C)C)cc(-c3ccc(-c4cc(C(C)C)cc(C(C)C)c4)cc3)cc2C(C)C)c2oc3cc4c(cc3c12)oc1cc(C#N)ccc14. The summed E-state index contributed by atoms with van der Waals surface area (Å²) < 4.78 is 67.7. The van der Waals surface area contributed by atoms with Crippen molar-refractivity contribution in [2.24, 2.45) is 0 Å². The van der Waals surface area contributed by atoms with Gasteiger partial charge in [-0.15, -0.1) is 0 Å². The number of fused-ring (bicyclic) bond motifs is 7. The minimum Gasteiger partial charge on any atom is -0.456 e. The molecule has 0 aliphatic heterocycles. The van der Waals surface area contributed by atoms with E-state index in [9.17, 15) is 5.26 Å². The number of para-hydroxylation sites is 1. The number of nitriles is 1. The molecule has 312 valence electrons. The molecule has 0 unspecified atom stereocenters. The summed E-state index contributed by atoms with van der Waals surface area (Å²) in [6.45, 7) is 12.5. The molecule has 10 aromatic rings. The molecule has 0 spiro atoms. The summed E-state index contributed by atoms with van der Waals surface area (Å²) in [5, 5.41) is 12.0. The van der Waals surface area contributed by atoms with Crippen LogP contribution in [0.1, 0.15) is 126 Å². The molecule has 0 saturated heterocycles. The summed E-state index contributed by atoms with van der Waals surface area (Å²) in [6.07, 6.45) is 0. The van der Waals surface area contributed by atoms with E-state index in [0.29, 0.717) is 72.9 Å². The van der Waals surface area contributed by atoms with Crippen molar-refractivity contribution in [3.63, 3.8) is 0 Å². The summed E-state index contributed by atoms with van der Waals surface area (Å²) in [4.78, 5) is 5.27. The van der Waals surface area contributed by atoms with Gasteiger partial charge < -0.3 is 8.83 Å². The molecule has 0 amide bonds. The average Bonchev–Trinajstić information content (AvgIpc) is 3.99. The molecule has 0 fully saturated rings. The third-order valence-electron chi connectivity index (χ3n) is 12.8. The smallest absolute Gasteiger partial charge is 0.149 e. The fourth-order valence-corrected chi connectivity index (χ4v) is 9.27. The first-order chi connectivity index (χ1) is 32.7. The molecule has 0 atom stereocenters. The lowest BCUT2D eigenvalue weighted by atomic mass is 9.87. The predicted molar refractivity (Wildman–Crippen MR) is 262 cm³/mol. The van der Waals surface area contributed by atoms with Gasteiger partial charge in [0.2, 0.25) is 0 Å². The molecule has 0 aliphatic carbocycles. The first-order valence-electron chi connectivity index (χ1n) is 24.9. The molecule has 10 rings (SSSR count). The lowest BCUT2D eigenvalue weighted by molar-refractivity contribution is 0.664. The quantitative estimate of drug-likeness (QED) is 0.153. The van der Waals surface area contributed by atoms with Crippen LogP contribution in [0.3, 0.4) is 0 Å². The fraction of sp³-hybridized carbons (Fsp3) is 0.241. The second-order valence-electron chi connectivity index (χ2n) is 18.3. The van der Waals surface area contributed by atoms with Gasteiger partial charge in [0.25, 0.3) is 0 Å². The second kappa shape index (κ2) is 15.2. The van der Waals surface area contributed by atoms with E-state index in [1.807, 2.05) is 28.8 Å². The minimum absolute atomic E-state index is 0.0196. The van der Waals surface area contributed by atoms with Crippen LogP contribution in [0.15, 0.2) is 124 Å². The predicted octanol–water partition coefficient (Wildman–Crippen LogP) is 16.8. The number of furan rings is 2. The molecule has 0 aliphatic rings. The van der Waals surface area contributed by atoms with E-state index in [2.05, 4.69) is 116 Å². The summed E-state index contributed by atoms with van der Waals surface area (Å²) in [7, 11) is 0. The molecule has 3 heterocycles. The third-order valence-corrected chi connectivity index (χ3v) is 12.8. The van der Waals surface area contributed by atoms with Gasteiger partial charge in [0, 0.05) is 29.8 Å². The molecule has 0 bridgehead atoms. The molecular formula is C58H53N3O2. The van der Waals surface area contributed by atoms with Crippen molar-refractivity contribution in [1.82, 2.24) is 9.55 Å². The Labute approximate surface area is 378 Å². The monoisotopic (exact) mass is 829 g/mol. The maximum Gasteiger partial charge on any atom is 0.149 e. The van der Waals surface area contributed by atoms with Crippen LogP contribution >= 0.6 is 0 Å². The van der Waals surface area contributed by atoms with Crippen LogP contribution in [0.4, 0.5) is 0 Å². The molecule has 3 aromatic heterocycles. The zero-order valence-electron chi connectivity index (χ0n) is 42.9. The third kappa shape index (κ3) is 6.63. The van der Waals surface area contributed by atoms with Crippen LogP contribution in [-0.2, 0) is 0 Å². The Hall–Kier alpha value is -6.90. The Morgan fingerprint density at radius 2 is 1.19 bits per heavy atom. The van der Waals surface area contributed by atoms with E-state index in [-0.39, 0.29) is 23.0 Å². The van der Waals surface area contributed by atoms with Crippen molar-refractivity contribution in [2.45, 2.75) is 92.8 Å². The highest BCUT2D eigenvalue weighted by Gasteiger charge is 2.27.